The molecule has 44 heavy (non-hydrogen) atoms. The largest absolute Gasteiger partial charge is 0.416 e. The molecule has 4 aromatic rings. The zero-order valence-corrected chi connectivity index (χ0v) is 23.4. The first-order valence-corrected chi connectivity index (χ1v) is 14.1. The Morgan fingerprint density at radius 1 is 1.05 bits per heavy atom. The van der Waals surface area contributed by atoms with Crippen molar-refractivity contribution in [3.8, 4) is 17.3 Å². The zero-order valence-electron chi connectivity index (χ0n) is 23.4. The number of alkyl halides is 3. The molecule has 0 unspecified atom stereocenters. The molecule has 2 amide bonds. The molecule has 0 radical (unpaired) electrons. The molecule has 1 atom stereocenters. The average Bonchev–Trinajstić information content (AvgIpc) is 3.76. The fraction of sp³-hybridized carbons (Fsp3) is 0.290. The Hall–Kier alpha value is -5.25. The van der Waals surface area contributed by atoms with Crippen LogP contribution in [0.1, 0.15) is 47.6 Å². The molecular weight excluding hydrogens is 573 g/mol. The second kappa shape index (κ2) is 11.4. The maximum Gasteiger partial charge on any atom is 0.416 e. The van der Waals surface area contributed by atoms with Gasteiger partial charge in [-0.05, 0) is 68.0 Å². The summed E-state index contributed by atoms with van der Waals surface area (Å²) in [4.78, 5) is 36.1. The lowest BCUT2D eigenvalue weighted by Crippen LogP contribution is -2.41. The number of piperidine rings is 1. The van der Waals surface area contributed by atoms with Crippen molar-refractivity contribution in [1.82, 2.24) is 24.6 Å². The number of nitriles is 1. The third-order valence-electron chi connectivity index (χ3n) is 7.81. The SMILES string of the molecule is N#C/C(=C\C1CC1)C(=O)N1CCC[C@@H](n2nc(-c3ccc(NC(=O)c4ccc(C(F)(F)F)cc4)cc3)c3c(N)ncnc32)C1. The molecule has 10 nitrogen and oxygen atoms in total. The Morgan fingerprint density at radius 3 is 2.43 bits per heavy atom. The molecule has 224 valence electrons. The minimum Gasteiger partial charge on any atom is -0.383 e. The fourth-order valence-corrected chi connectivity index (χ4v) is 5.34. The van der Waals surface area contributed by atoms with Crippen molar-refractivity contribution in [3.63, 3.8) is 0 Å². The van der Waals surface area contributed by atoms with Crippen LogP contribution in [0.15, 0.2) is 66.5 Å². The highest BCUT2D eigenvalue weighted by Gasteiger charge is 2.32. The Balaban J connectivity index is 1.24. The van der Waals surface area contributed by atoms with Crippen molar-refractivity contribution in [3.05, 3.63) is 77.6 Å². The van der Waals surface area contributed by atoms with Crippen molar-refractivity contribution in [2.24, 2.45) is 5.92 Å². The Labute approximate surface area is 250 Å². The normalized spacial score (nSPS) is 17.4. The lowest BCUT2D eigenvalue weighted by atomic mass is 10.0. The standard InChI is InChI=1S/C31H27F3N8O2/c32-31(33,34)22-9-5-20(6-10-22)29(43)39-23-11-7-19(8-12-23)26-25-27(36)37-17-38-28(25)42(40-26)24-2-1-13-41(16-24)30(44)21(15-35)14-18-3-4-18/h5-12,14,17-18,24H,1-4,13,16H2,(H,39,43)(H2,36,37,38)/b21-14+/t24-/m1/s1. The smallest absolute Gasteiger partial charge is 0.383 e. The van der Waals surface area contributed by atoms with Crippen molar-refractivity contribution < 1.29 is 22.8 Å². The van der Waals surface area contributed by atoms with Crippen LogP contribution in [0.2, 0.25) is 0 Å². The molecule has 1 aliphatic heterocycles. The number of rotatable bonds is 6. The second-order valence-electron chi connectivity index (χ2n) is 10.9. The van der Waals surface area contributed by atoms with Crippen LogP contribution >= 0.6 is 0 Å². The van der Waals surface area contributed by atoms with E-state index in [-0.39, 0.29) is 28.9 Å². The molecule has 6 rings (SSSR count). The van der Waals surface area contributed by atoms with Gasteiger partial charge in [0.15, 0.2) is 5.65 Å². The summed E-state index contributed by atoms with van der Waals surface area (Å²) in [5.41, 5.74) is 7.85. The molecule has 1 saturated carbocycles. The van der Waals surface area contributed by atoms with Gasteiger partial charge in [0.05, 0.1) is 17.0 Å². The van der Waals surface area contributed by atoms with Gasteiger partial charge in [-0.1, -0.05) is 18.2 Å². The summed E-state index contributed by atoms with van der Waals surface area (Å²) >= 11 is 0. The van der Waals surface area contributed by atoms with Crippen molar-refractivity contribution >= 4 is 34.4 Å². The number of anilines is 2. The number of halogens is 3. The number of fused-ring (bicyclic) bond motifs is 1. The lowest BCUT2D eigenvalue weighted by molar-refractivity contribution is -0.137. The Morgan fingerprint density at radius 2 is 1.77 bits per heavy atom. The highest BCUT2D eigenvalue weighted by atomic mass is 19.4. The average molecular weight is 601 g/mol. The molecule has 0 bridgehead atoms. The summed E-state index contributed by atoms with van der Waals surface area (Å²) in [6, 6.07) is 12.6. The molecule has 1 aliphatic carbocycles. The molecule has 13 heteroatoms. The molecule has 0 spiro atoms. The Bertz CT molecular complexity index is 1800. The number of hydrogen-bond acceptors (Lipinski definition) is 7. The molecule has 3 N–H and O–H groups in total. The highest BCUT2D eigenvalue weighted by Crippen LogP contribution is 2.35. The van der Waals surface area contributed by atoms with E-state index in [1.54, 1.807) is 39.9 Å². The van der Waals surface area contributed by atoms with Gasteiger partial charge in [-0.2, -0.15) is 23.5 Å². The topological polar surface area (TPSA) is 143 Å². The van der Waals surface area contributed by atoms with E-state index in [9.17, 15) is 28.0 Å². The van der Waals surface area contributed by atoms with Crippen LogP contribution in [0, 0.1) is 17.2 Å². The number of nitrogens with zero attached hydrogens (tertiary/aromatic N) is 6. The number of amides is 2. The van der Waals surface area contributed by atoms with Gasteiger partial charge in [0.2, 0.25) is 0 Å². The summed E-state index contributed by atoms with van der Waals surface area (Å²) in [5, 5.41) is 17.7. The predicted octanol–water partition coefficient (Wildman–Crippen LogP) is 5.37. The van der Waals surface area contributed by atoms with Gasteiger partial charge < -0.3 is 16.0 Å². The van der Waals surface area contributed by atoms with E-state index in [0.717, 1.165) is 49.9 Å². The van der Waals surface area contributed by atoms with E-state index < -0.39 is 17.6 Å². The fourth-order valence-electron chi connectivity index (χ4n) is 5.34. The summed E-state index contributed by atoms with van der Waals surface area (Å²) in [6.45, 7) is 0.902. The van der Waals surface area contributed by atoms with E-state index in [4.69, 9.17) is 10.8 Å². The Kier molecular flexibility index (Phi) is 7.50. The van der Waals surface area contributed by atoms with E-state index >= 15 is 0 Å². The number of benzene rings is 2. The van der Waals surface area contributed by atoms with Crippen LogP contribution in [0.4, 0.5) is 24.7 Å². The van der Waals surface area contributed by atoms with Crippen LogP contribution < -0.4 is 11.1 Å². The van der Waals surface area contributed by atoms with Gasteiger partial charge in [0, 0.05) is 29.9 Å². The summed E-state index contributed by atoms with van der Waals surface area (Å²) in [7, 11) is 0. The first-order chi connectivity index (χ1) is 21.1. The van der Waals surface area contributed by atoms with Gasteiger partial charge in [0.25, 0.3) is 11.8 Å². The van der Waals surface area contributed by atoms with Gasteiger partial charge in [-0.3, -0.25) is 9.59 Å². The van der Waals surface area contributed by atoms with Crippen molar-refractivity contribution in [1.29, 1.82) is 5.26 Å². The predicted molar refractivity (Wildman–Crippen MR) is 156 cm³/mol. The monoisotopic (exact) mass is 600 g/mol. The van der Waals surface area contributed by atoms with Crippen LogP contribution in [0.3, 0.4) is 0 Å². The molecular formula is C31H27F3N8O2. The van der Waals surface area contributed by atoms with Crippen molar-refractivity contribution in [2.45, 2.75) is 37.9 Å². The van der Waals surface area contributed by atoms with E-state index in [1.165, 1.54) is 6.33 Å². The van der Waals surface area contributed by atoms with E-state index in [1.807, 2.05) is 0 Å². The number of carbonyl (C=O) groups is 2. The number of aromatic nitrogens is 4. The molecule has 1 saturated heterocycles. The molecule has 2 fully saturated rings. The van der Waals surface area contributed by atoms with Crippen LogP contribution in [-0.4, -0.2) is 49.6 Å². The number of likely N-dealkylation sites (tertiary alicyclic amines) is 1. The minimum absolute atomic E-state index is 0.0849. The van der Waals surface area contributed by atoms with E-state index in [0.29, 0.717) is 47.0 Å². The number of nitrogen functional groups attached to an aromatic ring is 1. The maximum atomic E-state index is 13.2. The number of nitrogens with one attached hydrogen (secondary N) is 1. The number of hydrogen-bond donors (Lipinski definition) is 2. The zero-order chi connectivity index (χ0) is 31.0. The lowest BCUT2D eigenvalue weighted by Gasteiger charge is -2.32. The molecule has 2 aromatic heterocycles. The third kappa shape index (κ3) is 5.83. The first-order valence-electron chi connectivity index (χ1n) is 14.1. The second-order valence-corrected chi connectivity index (χ2v) is 10.9. The number of carbonyl (C=O) groups excluding carboxylic acids is 2. The van der Waals surface area contributed by atoms with Crippen molar-refractivity contribution in [2.75, 3.05) is 24.1 Å². The molecule has 2 aromatic carbocycles. The third-order valence-corrected chi connectivity index (χ3v) is 7.81. The number of nitrogens with two attached hydrogens (primary N) is 1. The number of allylic oxidation sites excluding steroid dienone is 1. The quantitative estimate of drug-likeness (QED) is 0.224. The molecule has 2 aliphatic rings. The summed E-state index contributed by atoms with van der Waals surface area (Å²) in [6.07, 6.45) is 2.11. The minimum atomic E-state index is -4.49. The van der Waals surface area contributed by atoms with E-state index in [2.05, 4.69) is 21.4 Å². The first kappa shape index (κ1) is 28.9. The van der Waals surface area contributed by atoms with Gasteiger partial charge in [-0.25, -0.2) is 14.6 Å². The molecule has 3 heterocycles. The van der Waals surface area contributed by atoms with Crippen LogP contribution in [-0.2, 0) is 11.0 Å². The summed E-state index contributed by atoms with van der Waals surface area (Å²) in [5.74, 6) is -0.291. The highest BCUT2D eigenvalue weighted by molar-refractivity contribution is 6.04. The summed E-state index contributed by atoms with van der Waals surface area (Å²) < 4.78 is 40.3. The van der Waals surface area contributed by atoms with Crippen LogP contribution in [0.5, 0.6) is 0 Å². The van der Waals surface area contributed by atoms with Gasteiger partial charge in [0.1, 0.15) is 29.5 Å². The maximum absolute atomic E-state index is 13.2. The van der Waals surface area contributed by atoms with Crippen LogP contribution in [0.25, 0.3) is 22.3 Å². The van der Waals surface area contributed by atoms with Gasteiger partial charge in [-0.15, -0.1) is 0 Å². The van der Waals surface area contributed by atoms with Gasteiger partial charge >= 0.3 is 6.18 Å².